The number of carbonyl (C=O) groups is 1. The molecular weight excluding hydrogens is 252 g/mol. The molecule has 2 rings (SSSR count). The number of rotatable bonds is 6. The summed E-state index contributed by atoms with van der Waals surface area (Å²) in [5.41, 5.74) is 2.28. The normalized spacial score (nSPS) is 19.6. The van der Waals surface area contributed by atoms with Crippen molar-refractivity contribution in [3.8, 4) is 0 Å². The molecule has 1 aromatic rings. The predicted molar refractivity (Wildman–Crippen MR) is 78.9 cm³/mol. The smallest absolute Gasteiger partial charge is 0.306 e. The zero-order valence-corrected chi connectivity index (χ0v) is 12.9. The van der Waals surface area contributed by atoms with Crippen molar-refractivity contribution in [2.24, 2.45) is 13.0 Å². The number of nitrogens with zero attached hydrogens (tertiary/aromatic N) is 2. The minimum atomic E-state index is -0.680. The number of fused-ring (bicyclic) bond motifs is 1. The Morgan fingerprint density at radius 2 is 2.25 bits per heavy atom. The van der Waals surface area contributed by atoms with E-state index in [2.05, 4.69) is 25.5 Å². The Kier molecular flexibility index (Phi) is 4.84. The van der Waals surface area contributed by atoms with E-state index in [4.69, 9.17) is 4.98 Å². The first-order valence-corrected chi connectivity index (χ1v) is 7.85. The van der Waals surface area contributed by atoms with Crippen molar-refractivity contribution in [3.05, 3.63) is 17.2 Å². The van der Waals surface area contributed by atoms with Crippen molar-refractivity contribution in [1.82, 2.24) is 9.55 Å². The Labute approximate surface area is 121 Å². The number of aliphatic carboxylic acids is 1. The summed E-state index contributed by atoms with van der Waals surface area (Å²) in [5, 5.41) is 9.18. The lowest BCUT2D eigenvalue weighted by Gasteiger charge is -2.18. The van der Waals surface area contributed by atoms with Crippen LogP contribution in [0.5, 0.6) is 0 Å². The lowest BCUT2D eigenvalue weighted by Crippen LogP contribution is -2.22. The van der Waals surface area contributed by atoms with Gasteiger partial charge in [-0.2, -0.15) is 0 Å². The molecule has 0 aromatic carbocycles. The van der Waals surface area contributed by atoms with Gasteiger partial charge in [0.15, 0.2) is 0 Å². The van der Waals surface area contributed by atoms with Crippen LogP contribution in [-0.4, -0.2) is 20.6 Å². The summed E-state index contributed by atoms with van der Waals surface area (Å²) >= 11 is 0. The van der Waals surface area contributed by atoms with E-state index >= 15 is 0 Å². The maximum Gasteiger partial charge on any atom is 0.306 e. The van der Waals surface area contributed by atoms with Crippen molar-refractivity contribution in [3.63, 3.8) is 0 Å². The van der Waals surface area contributed by atoms with Crippen molar-refractivity contribution >= 4 is 5.97 Å². The summed E-state index contributed by atoms with van der Waals surface area (Å²) in [6.45, 7) is 4.43. The lowest BCUT2D eigenvalue weighted by molar-refractivity contribution is -0.142. The monoisotopic (exact) mass is 278 g/mol. The van der Waals surface area contributed by atoms with Gasteiger partial charge in [0.2, 0.25) is 0 Å². The van der Waals surface area contributed by atoms with Crippen LogP contribution in [0.15, 0.2) is 0 Å². The highest BCUT2D eigenvalue weighted by molar-refractivity contribution is 5.70. The first kappa shape index (κ1) is 15.1. The van der Waals surface area contributed by atoms with Crippen LogP contribution in [0.1, 0.15) is 69.1 Å². The van der Waals surface area contributed by atoms with Crippen molar-refractivity contribution in [1.29, 1.82) is 0 Å². The largest absolute Gasteiger partial charge is 0.481 e. The Hall–Kier alpha value is -1.32. The molecule has 4 nitrogen and oxygen atoms in total. The Bertz CT molecular complexity index is 479. The third-order valence-electron chi connectivity index (χ3n) is 4.61. The fourth-order valence-electron chi connectivity index (χ4n) is 3.27. The highest BCUT2D eigenvalue weighted by Gasteiger charge is 2.29. The van der Waals surface area contributed by atoms with E-state index in [-0.39, 0.29) is 5.92 Å². The van der Waals surface area contributed by atoms with E-state index in [1.165, 1.54) is 25.0 Å². The molecule has 0 spiro atoms. The van der Waals surface area contributed by atoms with E-state index < -0.39 is 5.97 Å². The molecule has 1 aliphatic rings. The maximum atomic E-state index is 11.2. The molecule has 1 heterocycles. The SMILES string of the molecule is CCCCC(CC)c1nc2c(n1C)CCC(C(=O)O)C2. The summed E-state index contributed by atoms with van der Waals surface area (Å²) in [7, 11) is 2.09. The number of carboxylic acids is 1. The molecule has 1 N–H and O–H groups in total. The van der Waals surface area contributed by atoms with Gasteiger partial charge in [-0.1, -0.05) is 26.7 Å². The predicted octanol–water partition coefficient (Wildman–Crippen LogP) is 3.29. The Morgan fingerprint density at radius 3 is 2.85 bits per heavy atom. The zero-order valence-electron chi connectivity index (χ0n) is 12.9. The van der Waals surface area contributed by atoms with E-state index in [0.717, 1.165) is 30.8 Å². The van der Waals surface area contributed by atoms with Gasteiger partial charge >= 0.3 is 5.97 Å². The van der Waals surface area contributed by atoms with Crippen LogP contribution in [0.2, 0.25) is 0 Å². The second kappa shape index (κ2) is 6.42. The lowest BCUT2D eigenvalue weighted by atomic mass is 9.90. The summed E-state index contributed by atoms with van der Waals surface area (Å²) in [4.78, 5) is 16.0. The van der Waals surface area contributed by atoms with Crippen LogP contribution in [0.4, 0.5) is 0 Å². The molecule has 0 aliphatic heterocycles. The quantitative estimate of drug-likeness (QED) is 0.868. The third kappa shape index (κ3) is 2.89. The number of unbranched alkanes of at least 4 members (excludes halogenated alkanes) is 1. The first-order chi connectivity index (χ1) is 9.58. The summed E-state index contributed by atoms with van der Waals surface area (Å²) in [6.07, 6.45) is 6.91. The van der Waals surface area contributed by atoms with Gasteiger partial charge in [-0.3, -0.25) is 4.79 Å². The Morgan fingerprint density at radius 1 is 1.50 bits per heavy atom. The maximum absolute atomic E-state index is 11.2. The van der Waals surface area contributed by atoms with Crippen LogP contribution in [0.3, 0.4) is 0 Å². The van der Waals surface area contributed by atoms with E-state index in [9.17, 15) is 9.90 Å². The van der Waals surface area contributed by atoms with Gasteiger partial charge in [0.05, 0.1) is 11.6 Å². The molecule has 1 aliphatic carbocycles. The van der Waals surface area contributed by atoms with Crippen molar-refractivity contribution < 1.29 is 9.90 Å². The zero-order chi connectivity index (χ0) is 14.7. The van der Waals surface area contributed by atoms with Crippen molar-refractivity contribution in [2.75, 3.05) is 0 Å². The molecular formula is C16H26N2O2. The van der Waals surface area contributed by atoms with Gasteiger partial charge in [-0.25, -0.2) is 4.98 Å². The molecule has 0 amide bonds. The topological polar surface area (TPSA) is 55.1 Å². The average molecular weight is 278 g/mol. The van der Waals surface area contributed by atoms with Gasteiger partial charge in [0, 0.05) is 25.1 Å². The number of aromatic nitrogens is 2. The second-order valence-corrected chi connectivity index (χ2v) is 5.95. The van der Waals surface area contributed by atoms with E-state index in [1.54, 1.807) is 0 Å². The first-order valence-electron chi connectivity index (χ1n) is 7.85. The fourth-order valence-corrected chi connectivity index (χ4v) is 3.27. The third-order valence-corrected chi connectivity index (χ3v) is 4.61. The van der Waals surface area contributed by atoms with Crippen LogP contribution in [-0.2, 0) is 24.7 Å². The van der Waals surface area contributed by atoms with Crippen LogP contribution in [0, 0.1) is 5.92 Å². The van der Waals surface area contributed by atoms with Crippen molar-refractivity contribution in [2.45, 2.75) is 64.7 Å². The highest BCUT2D eigenvalue weighted by Crippen LogP contribution is 2.31. The van der Waals surface area contributed by atoms with Gasteiger partial charge in [-0.15, -0.1) is 0 Å². The number of imidazole rings is 1. The number of hydrogen-bond donors (Lipinski definition) is 1. The molecule has 0 bridgehead atoms. The van der Waals surface area contributed by atoms with Gasteiger partial charge in [-0.05, 0) is 25.7 Å². The Balaban J connectivity index is 2.22. The van der Waals surface area contributed by atoms with Gasteiger partial charge in [0.25, 0.3) is 0 Å². The minimum Gasteiger partial charge on any atom is -0.481 e. The fraction of sp³-hybridized carbons (Fsp3) is 0.750. The van der Waals surface area contributed by atoms with Crippen LogP contribution >= 0.6 is 0 Å². The molecule has 0 fully saturated rings. The molecule has 112 valence electrons. The van der Waals surface area contributed by atoms with E-state index in [0.29, 0.717) is 12.3 Å². The molecule has 0 saturated heterocycles. The van der Waals surface area contributed by atoms with Gasteiger partial charge < -0.3 is 9.67 Å². The summed E-state index contributed by atoms with van der Waals surface area (Å²) < 4.78 is 2.23. The minimum absolute atomic E-state index is 0.249. The summed E-state index contributed by atoms with van der Waals surface area (Å²) in [6, 6.07) is 0. The van der Waals surface area contributed by atoms with Crippen LogP contribution in [0.25, 0.3) is 0 Å². The molecule has 4 heteroatoms. The highest BCUT2D eigenvalue weighted by atomic mass is 16.4. The summed E-state index contributed by atoms with van der Waals surface area (Å²) in [5.74, 6) is 0.743. The molecule has 0 radical (unpaired) electrons. The molecule has 2 unspecified atom stereocenters. The molecule has 1 aromatic heterocycles. The van der Waals surface area contributed by atoms with Crippen LogP contribution < -0.4 is 0 Å². The second-order valence-electron chi connectivity index (χ2n) is 5.95. The van der Waals surface area contributed by atoms with Gasteiger partial charge in [0.1, 0.15) is 5.82 Å². The average Bonchev–Trinajstić information content (AvgIpc) is 2.77. The number of carboxylic acid groups (broad SMARTS) is 1. The van der Waals surface area contributed by atoms with E-state index in [1.807, 2.05) is 0 Å². The standard InChI is InChI=1S/C16H26N2O2/c1-4-6-7-11(5-2)15-17-13-10-12(16(19)20)8-9-14(13)18(15)3/h11-12H,4-10H2,1-3H3,(H,19,20). The molecule has 0 saturated carbocycles. The number of hydrogen-bond acceptors (Lipinski definition) is 2. The molecule has 2 atom stereocenters. The molecule has 20 heavy (non-hydrogen) atoms.